The third-order valence-electron chi connectivity index (χ3n) is 4.08. The van der Waals surface area contributed by atoms with Crippen molar-refractivity contribution in [1.29, 1.82) is 0 Å². The highest BCUT2D eigenvalue weighted by molar-refractivity contribution is 6.35. The molecule has 138 valence electrons. The van der Waals surface area contributed by atoms with E-state index < -0.39 is 17.7 Å². The Kier molecular flexibility index (Phi) is 5.35. The Hall–Kier alpha value is -2.63. The van der Waals surface area contributed by atoms with Crippen LogP contribution in [0.1, 0.15) is 12.5 Å². The van der Waals surface area contributed by atoms with Crippen LogP contribution in [0.4, 0.5) is 10.1 Å². The number of allylic oxidation sites excluding steroid dienone is 1. The number of nitrogens with zero attached hydrogens (tertiary/aromatic N) is 1. The Balaban J connectivity index is 2.15. The number of amides is 1. The molecular weight excluding hydrogens is 392 g/mol. The fourth-order valence-electron chi connectivity index (χ4n) is 2.88. The molecule has 1 aliphatic heterocycles. The summed E-state index contributed by atoms with van der Waals surface area (Å²) < 4.78 is 18.0. The van der Waals surface area contributed by atoms with Crippen LogP contribution >= 0.6 is 23.2 Å². The quantitative estimate of drug-likeness (QED) is 0.532. The lowest BCUT2D eigenvalue weighted by Crippen LogP contribution is -2.24. The van der Waals surface area contributed by atoms with Crippen molar-refractivity contribution < 1.29 is 18.7 Å². The van der Waals surface area contributed by atoms with Crippen LogP contribution in [0.5, 0.6) is 0 Å². The summed E-state index contributed by atoms with van der Waals surface area (Å²) in [4.78, 5) is 26.8. The van der Waals surface area contributed by atoms with Gasteiger partial charge in [-0.25, -0.2) is 9.18 Å². The second-order valence-electron chi connectivity index (χ2n) is 5.83. The van der Waals surface area contributed by atoms with E-state index in [4.69, 9.17) is 27.9 Å². The first-order valence-electron chi connectivity index (χ1n) is 7.89. The molecule has 0 atom stereocenters. The molecule has 0 saturated carbocycles. The Labute approximate surface area is 165 Å². The van der Waals surface area contributed by atoms with E-state index in [0.717, 1.165) is 0 Å². The number of halogens is 3. The zero-order chi connectivity index (χ0) is 19.7. The summed E-state index contributed by atoms with van der Waals surface area (Å²) in [6, 6.07) is 10.3. The fourth-order valence-corrected chi connectivity index (χ4v) is 3.40. The molecule has 0 aliphatic carbocycles. The van der Waals surface area contributed by atoms with E-state index in [9.17, 15) is 14.0 Å². The number of esters is 1. The van der Waals surface area contributed by atoms with Crippen LogP contribution in [-0.4, -0.2) is 19.0 Å². The maximum Gasteiger partial charge on any atom is 0.340 e. The highest BCUT2D eigenvalue weighted by atomic mass is 35.5. The average molecular weight is 406 g/mol. The van der Waals surface area contributed by atoms with Crippen molar-refractivity contribution in [2.24, 2.45) is 0 Å². The zero-order valence-electron chi connectivity index (χ0n) is 14.4. The number of methoxy groups -OCH3 is 1. The number of ether oxygens (including phenoxy) is 1. The Morgan fingerprint density at radius 2 is 1.70 bits per heavy atom. The standard InChI is InChI=1S/C20H14Cl2FNO3/c1-11-18(20(26)27-2)17(7-12-3-5-15(23)6-4-12)19(25)24(11)16-9-13(21)8-14(22)10-16/h3-10H,1-2H3/b17-7+. The molecule has 1 amide bonds. The normalized spacial score (nSPS) is 15.7. The highest BCUT2D eigenvalue weighted by Gasteiger charge is 2.38. The number of rotatable bonds is 3. The Bertz CT molecular complexity index is 977. The topological polar surface area (TPSA) is 46.6 Å². The summed E-state index contributed by atoms with van der Waals surface area (Å²) in [5, 5.41) is 0.711. The number of carbonyl (C=O) groups excluding carboxylic acids is 2. The van der Waals surface area contributed by atoms with Crippen molar-refractivity contribution in [2.45, 2.75) is 6.92 Å². The van der Waals surface area contributed by atoms with Crippen molar-refractivity contribution in [3.05, 3.63) is 80.7 Å². The minimum atomic E-state index is -0.648. The van der Waals surface area contributed by atoms with E-state index in [-0.39, 0.29) is 11.1 Å². The van der Waals surface area contributed by atoms with Crippen LogP contribution in [0.15, 0.2) is 59.3 Å². The summed E-state index contributed by atoms with van der Waals surface area (Å²) in [7, 11) is 1.24. The van der Waals surface area contributed by atoms with E-state index in [1.165, 1.54) is 42.4 Å². The first kappa shape index (κ1) is 19.1. The minimum absolute atomic E-state index is 0.128. The molecule has 7 heteroatoms. The molecule has 0 bridgehead atoms. The molecule has 3 rings (SSSR count). The number of hydrogen-bond acceptors (Lipinski definition) is 3. The predicted octanol–water partition coefficient (Wildman–Crippen LogP) is 5.01. The smallest absolute Gasteiger partial charge is 0.340 e. The summed E-state index contributed by atoms with van der Waals surface area (Å²) in [5.74, 6) is -1.48. The van der Waals surface area contributed by atoms with Gasteiger partial charge in [0.2, 0.25) is 0 Å². The van der Waals surface area contributed by atoms with Crippen molar-refractivity contribution >= 4 is 46.8 Å². The first-order chi connectivity index (χ1) is 12.8. The molecule has 0 N–H and O–H groups in total. The second kappa shape index (κ2) is 7.55. The monoisotopic (exact) mass is 405 g/mol. The van der Waals surface area contributed by atoms with E-state index in [1.54, 1.807) is 25.1 Å². The molecule has 0 radical (unpaired) electrons. The lowest BCUT2D eigenvalue weighted by molar-refractivity contribution is -0.136. The summed E-state index contributed by atoms with van der Waals surface area (Å²) in [6.07, 6.45) is 1.52. The molecule has 0 unspecified atom stereocenters. The van der Waals surface area contributed by atoms with Gasteiger partial charge in [-0.1, -0.05) is 35.3 Å². The lowest BCUT2D eigenvalue weighted by atomic mass is 10.0. The molecule has 2 aromatic carbocycles. The second-order valence-corrected chi connectivity index (χ2v) is 6.70. The minimum Gasteiger partial charge on any atom is -0.465 e. The van der Waals surface area contributed by atoms with Crippen molar-refractivity contribution in [1.82, 2.24) is 0 Å². The van der Waals surface area contributed by atoms with Gasteiger partial charge in [0.05, 0.1) is 23.9 Å². The molecular formula is C20H14Cl2FNO3. The third-order valence-corrected chi connectivity index (χ3v) is 4.51. The van der Waals surface area contributed by atoms with Gasteiger partial charge < -0.3 is 4.74 Å². The van der Waals surface area contributed by atoms with Gasteiger partial charge in [-0.3, -0.25) is 9.69 Å². The number of carbonyl (C=O) groups is 2. The van der Waals surface area contributed by atoms with Crippen LogP contribution in [0.3, 0.4) is 0 Å². The van der Waals surface area contributed by atoms with E-state index in [1.807, 2.05) is 0 Å². The highest BCUT2D eigenvalue weighted by Crippen LogP contribution is 2.37. The molecule has 1 aliphatic rings. The molecule has 4 nitrogen and oxygen atoms in total. The number of hydrogen-bond donors (Lipinski definition) is 0. The van der Waals surface area contributed by atoms with Gasteiger partial charge in [-0.2, -0.15) is 0 Å². The largest absolute Gasteiger partial charge is 0.465 e. The summed E-state index contributed by atoms with van der Waals surface area (Å²) >= 11 is 12.1. The molecule has 0 fully saturated rings. The van der Waals surface area contributed by atoms with Crippen LogP contribution in [0, 0.1) is 5.82 Å². The van der Waals surface area contributed by atoms with E-state index >= 15 is 0 Å². The summed E-state index contributed by atoms with van der Waals surface area (Å²) in [6.45, 7) is 1.63. The summed E-state index contributed by atoms with van der Waals surface area (Å²) in [5.41, 5.74) is 1.65. The van der Waals surface area contributed by atoms with Crippen molar-refractivity contribution in [3.8, 4) is 0 Å². The average Bonchev–Trinajstić information content (AvgIpc) is 2.85. The number of anilines is 1. The molecule has 0 spiro atoms. The molecule has 0 saturated heterocycles. The molecule has 1 heterocycles. The van der Waals surface area contributed by atoms with Gasteiger partial charge in [-0.15, -0.1) is 0 Å². The maximum absolute atomic E-state index is 13.2. The van der Waals surface area contributed by atoms with Gasteiger partial charge in [0.1, 0.15) is 5.82 Å². The zero-order valence-corrected chi connectivity index (χ0v) is 15.9. The Morgan fingerprint density at radius 1 is 1.11 bits per heavy atom. The van der Waals surface area contributed by atoms with Gasteiger partial charge in [0.25, 0.3) is 5.91 Å². The predicted molar refractivity (Wildman–Crippen MR) is 103 cm³/mol. The fraction of sp³-hybridized carbons (Fsp3) is 0.100. The van der Waals surface area contributed by atoms with Crippen LogP contribution in [-0.2, 0) is 14.3 Å². The molecule has 27 heavy (non-hydrogen) atoms. The SMILES string of the molecule is COC(=O)C1=C(C)N(c2cc(Cl)cc(Cl)c2)C(=O)/C1=C/c1ccc(F)cc1. The Morgan fingerprint density at radius 3 is 2.26 bits per heavy atom. The van der Waals surface area contributed by atoms with E-state index in [0.29, 0.717) is 27.0 Å². The first-order valence-corrected chi connectivity index (χ1v) is 8.65. The van der Waals surface area contributed by atoms with Crippen LogP contribution in [0.2, 0.25) is 10.0 Å². The number of benzene rings is 2. The van der Waals surface area contributed by atoms with Crippen LogP contribution in [0.25, 0.3) is 6.08 Å². The van der Waals surface area contributed by atoms with Crippen LogP contribution < -0.4 is 4.90 Å². The third kappa shape index (κ3) is 3.75. The van der Waals surface area contributed by atoms with Gasteiger partial charge in [0.15, 0.2) is 0 Å². The molecule has 2 aromatic rings. The van der Waals surface area contributed by atoms with Crippen molar-refractivity contribution in [3.63, 3.8) is 0 Å². The van der Waals surface area contributed by atoms with Gasteiger partial charge in [-0.05, 0) is 48.9 Å². The maximum atomic E-state index is 13.2. The van der Waals surface area contributed by atoms with Gasteiger partial charge in [0, 0.05) is 15.7 Å². The molecule has 0 aromatic heterocycles. The van der Waals surface area contributed by atoms with Gasteiger partial charge >= 0.3 is 5.97 Å². The lowest BCUT2D eigenvalue weighted by Gasteiger charge is -2.18. The van der Waals surface area contributed by atoms with Crippen molar-refractivity contribution in [2.75, 3.05) is 12.0 Å². The van der Waals surface area contributed by atoms with E-state index in [2.05, 4.69) is 0 Å².